The van der Waals surface area contributed by atoms with E-state index in [1.165, 1.54) is 19.3 Å². The summed E-state index contributed by atoms with van der Waals surface area (Å²) in [6, 6.07) is 0. The van der Waals surface area contributed by atoms with Gasteiger partial charge in [-0.25, -0.2) is 0 Å². The van der Waals surface area contributed by atoms with Gasteiger partial charge in [-0.1, -0.05) is 0 Å². The Morgan fingerprint density at radius 1 is 1.20 bits per heavy atom. The van der Waals surface area contributed by atoms with Crippen LogP contribution >= 0.6 is 11.8 Å². The fourth-order valence-corrected chi connectivity index (χ4v) is 2.66. The Kier molecular flexibility index (Phi) is 5.70. The lowest BCUT2D eigenvalue weighted by Gasteiger charge is -2.27. The predicted molar refractivity (Wildman–Crippen MR) is 87.1 cm³/mol. The molecular formula is C13H24N6S. The molecule has 20 heavy (non-hydrogen) atoms. The fourth-order valence-electron chi connectivity index (χ4n) is 2.20. The maximum atomic E-state index is 4.64. The second kappa shape index (κ2) is 7.52. The minimum atomic E-state index is 0.645. The monoisotopic (exact) mass is 296 g/mol. The minimum Gasteiger partial charge on any atom is -0.357 e. The van der Waals surface area contributed by atoms with Crippen LogP contribution in [0.4, 0.5) is 17.8 Å². The molecule has 1 N–H and O–H groups in total. The average molecular weight is 296 g/mol. The summed E-state index contributed by atoms with van der Waals surface area (Å²) < 4.78 is 0. The summed E-state index contributed by atoms with van der Waals surface area (Å²) in [4.78, 5) is 17.9. The molecule has 1 aromatic heterocycles. The van der Waals surface area contributed by atoms with Crippen molar-refractivity contribution in [2.45, 2.75) is 19.3 Å². The van der Waals surface area contributed by atoms with Crippen LogP contribution in [0, 0.1) is 0 Å². The molecule has 0 aliphatic carbocycles. The molecule has 0 atom stereocenters. The van der Waals surface area contributed by atoms with Crippen molar-refractivity contribution >= 4 is 29.6 Å². The molecule has 0 unspecified atom stereocenters. The van der Waals surface area contributed by atoms with Crippen LogP contribution in [0.5, 0.6) is 0 Å². The smallest absolute Gasteiger partial charge is 0.231 e. The number of piperidine rings is 1. The molecule has 0 spiro atoms. The highest BCUT2D eigenvalue weighted by Crippen LogP contribution is 2.19. The third-order valence-corrected chi connectivity index (χ3v) is 4.04. The predicted octanol–water partition coefficient (Wildman–Crippen LogP) is 1.70. The molecule has 0 radical (unpaired) electrons. The van der Waals surface area contributed by atoms with Crippen LogP contribution < -0.4 is 15.1 Å². The Labute approximate surface area is 125 Å². The van der Waals surface area contributed by atoms with E-state index in [2.05, 4.69) is 36.3 Å². The normalized spacial score (nSPS) is 15.2. The number of aromatic nitrogens is 3. The van der Waals surface area contributed by atoms with Crippen LogP contribution in [0.15, 0.2) is 0 Å². The van der Waals surface area contributed by atoms with E-state index in [0.717, 1.165) is 37.3 Å². The van der Waals surface area contributed by atoms with Crippen molar-refractivity contribution in [1.82, 2.24) is 15.0 Å². The molecule has 1 aromatic rings. The quantitative estimate of drug-likeness (QED) is 0.857. The first kappa shape index (κ1) is 15.2. The molecule has 0 amide bonds. The van der Waals surface area contributed by atoms with E-state index in [4.69, 9.17) is 0 Å². The van der Waals surface area contributed by atoms with Gasteiger partial charge in [-0.3, -0.25) is 0 Å². The summed E-state index contributed by atoms with van der Waals surface area (Å²) in [5.74, 6) is 3.26. The third kappa shape index (κ3) is 3.88. The van der Waals surface area contributed by atoms with E-state index in [9.17, 15) is 0 Å². The zero-order valence-corrected chi connectivity index (χ0v) is 13.4. The van der Waals surface area contributed by atoms with Gasteiger partial charge in [0.1, 0.15) is 0 Å². The van der Waals surface area contributed by atoms with E-state index in [0.29, 0.717) is 5.95 Å². The van der Waals surface area contributed by atoms with Crippen LogP contribution in [0.25, 0.3) is 0 Å². The van der Waals surface area contributed by atoms with Gasteiger partial charge < -0.3 is 15.1 Å². The first-order chi connectivity index (χ1) is 9.74. The molecular weight excluding hydrogens is 272 g/mol. The van der Waals surface area contributed by atoms with Gasteiger partial charge in [0.15, 0.2) is 0 Å². The molecule has 112 valence electrons. The SMILES string of the molecule is CNc1nc(N(C)CCSC)nc(N2CCCCC2)n1. The Morgan fingerprint density at radius 2 is 1.95 bits per heavy atom. The first-order valence-corrected chi connectivity index (χ1v) is 8.53. The highest BCUT2D eigenvalue weighted by Gasteiger charge is 2.17. The van der Waals surface area contributed by atoms with Crippen molar-refractivity contribution in [2.24, 2.45) is 0 Å². The lowest BCUT2D eigenvalue weighted by Crippen LogP contribution is -2.32. The summed E-state index contributed by atoms with van der Waals surface area (Å²) >= 11 is 1.83. The van der Waals surface area contributed by atoms with Crippen LogP contribution in [0.2, 0.25) is 0 Å². The highest BCUT2D eigenvalue weighted by atomic mass is 32.2. The standard InChI is InChI=1S/C13H24N6S/c1-14-11-15-12(18(2)9-10-20-3)17-13(16-11)19-7-5-4-6-8-19/h4-10H2,1-3H3,(H,14,15,16,17). The van der Waals surface area contributed by atoms with Crippen molar-refractivity contribution in [3.63, 3.8) is 0 Å². The topological polar surface area (TPSA) is 57.2 Å². The lowest BCUT2D eigenvalue weighted by atomic mass is 10.1. The average Bonchev–Trinajstić information content (AvgIpc) is 2.52. The molecule has 0 aromatic carbocycles. The molecule has 6 nitrogen and oxygen atoms in total. The van der Waals surface area contributed by atoms with Gasteiger partial charge in [0.2, 0.25) is 17.8 Å². The fraction of sp³-hybridized carbons (Fsp3) is 0.769. The molecule has 1 saturated heterocycles. The maximum absolute atomic E-state index is 4.64. The second-order valence-corrected chi connectivity index (χ2v) is 5.96. The van der Waals surface area contributed by atoms with Gasteiger partial charge in [0, 0.05) is 39.5 Å². The van der Waals surface area contributed by atoms with E-state index in [1.807, 2.05) is 25.9 Å². The number of hydrogen-bond donors (Lipinski definition) is 1. The minimum absolute atomic E-state index is 0.645. The zero-order chi connectivity index (χ0) is 14.4. The summed E-state index contributed by atoms with van der Waals surface area (Å²) in [5, 5.41) is 3.04. The Balaban J connectivity index is 2.18. The van der Waals surface area contributed by atoms with Gasteiger partial charge in [0.05, 0.1) is 0 Å². The van der Waals surface area contributed by atoms with Crippen LogP contribution in [-0.4, -0.2) is 60.7 Å². The van der Waals surface area contributed by atoms with Crippen molar-refractivity contribution in [3.05, 3.63) is 0 Å². The summed E-state index contributed by atoms with van der Waals surface area (Å²) in [5.41, 5.74) is 0. The van der Waals surface area contributed by atoms with Gasteiger partial charge in [-0.05, 0) is 25.5 Å². The summed E-state index contributed by atoms with van der Waals surface area (Å²) in [6.45, 7) is 3.02. The molecule has 2 rings (SSSR count). The van der Waals surface area contributed by atoms with Gasteiger partial charge in [-0.2, -0.15) is 26.7 Å². The maximum Gasteiger partial charge on any atom is 0.231 e. The third-order valence-electron chi connectivity index (χ3n) is 3.45. The van der Waals surface area contributed by atoms with E-state index < -0.39 is 0 Å². The first-order valence-electron chi connectivity index (χ1n) is 7.13. The van der Waals surface area contributed by atoms with E-state index in [-0.39, 0.29) is 0 Å². The Bertz CT molecular complexity index is 421. The zero-order valence-electron chi connectivity index (χ0n) is 12.6. The van der Waals surface area contributed by atoms with Gasteiger partial charge in [0.25, 0.3) is 0 Å². The Hall–Kier alpha value is -1.24. The summed E-state index contributed by atoms with van der Waals surface area (Å²) in [7, 11) is 3.88. The second-order valence-electron chi connectivity index (χ2n) is 4.97. The van der Waals surface area contributed by atoms with Crippen LogP contribution in [-0.2, 0) is 0 Å². The largest absolute Gasteiger partial charge is 0.357 e. The molecule has 2 heterocycles. The van der Waals surface area contributed by atoms with Crippen molar-refractivity contribution in [3.8, 4) is 0 Å². The number of rotatable bonds is 6. The number of nitrogens with one attached hydrogen (secondary N) is 1. The number of anilines is 3. The van der Waals surface area contributed by atoms with Crippen molar-refractivity contribution < 1.29 is 0 Å². The lowest BCUT2D eigenvalue weighted by molar-refractivity contribution is 0.567. The highest BCUT2D eigenvalue weighted by molar-refractivity contribution is 7.98. The van der Waals surface area contributed by atoms with Gasteiger partial charge in [-0.15, -0.1) is 0 Å². The van der Waals surface area contributed by atoms with Crippen molar-refractivity contribution in [2.75, 3.05) is 60.9 Å². The number of thioether (sulfide) groups is 1. The molecule has 0 saturated carbocycles. The number of nitrogens with zero attached hydrogens (tertiary/aromatic N) is 5. The van der Waals surface area contributed by atoms with Gasteiger partial charge >= 0.3 is 0 Å². The number of hydrogen-bond acceptors (Lipinski definition) is 7. The Morgan fingerprint density at radius 3 is 2.60 bits per heavy atom. The van der Waals surface area contributed by atoms with Crippen LogP contribution in [0.1, 0.15) is 19.3 Å². The summed E-state index contributed by atoms with van der Waals surface area (Å²) in [6.07, 6.45) is 5.86. The molecule has 1 aliphatic rings. The van der Waals surface area contributed by atoms with E-state index >= 15 is 0 Å². The molecule has 7 heteroatoms. The van der Waals surface area contributed by atoms with Crippen molar-refractivity contribution in [1.29, 1.82) is 0 Å². The molecule has 1 aliphatic heterocycles. The van der Waals surface area contributed by atoms with Crippen LogP contribution in [0.3, 0.4) is 0 Å². The van der Waals surface area contributed by atoms with E-state index in [1.54, 1.807) is 0 Å². The molecule has 1 fully saturated rings. The molecule has 0 bridgehead atoms.